The SMILES string of the molecule is CC(C)(C)OC(=O)N1CCCCC1Nc1ccc(C#N)cc1Oc1ccccc1Br. The molecule has 158 valence electrons. The Hall–Kier alpha value is -2.72. The van der Waals surface area contributed by atoms with Gasteiger partial charge in [-0.25, -0.2) is 4.79 Å². The van der Waals surface area contributed by atoms with E-state index in [1.807, 2.05) is 51.1 Å². The maximum absolute atomic E-state index is 12.7. The number of halogens is 1. The Morgan fingerprint density at radius 1 is 1.20 bits per heavy atom. The number of amides is 1. The van der Waals surface area contributed by atoms with Crippen LogP contribution in [0.15, 0.2) is 46.9 Å². The predicted molar refractivity (Wildman–Crippen MR) is 120 cm³/mol. The number of ether oxygens (including phenoxy) is 2. The molecule has 3 rings (SSSR count). The Balaban J connectivity index is 1.86. The van der Waals surface area contributed by atoms with Gasteiger partial charge in [-0.2, -0.15) is 5.26 Å². The zero-order chi connectivity index (χ0) is 21.7. The third kappa shape index (κ3) is 5.67. The van der Waals surface area contributed by atoms with Crippen LogP contribution in [0.3, 0.4) is 0 Å². The van der Waals surface area contributed by atoms with E-state index < -0.39 is 5.60 Å². The lowest BCUT2D eigenvalue weighted by molar-refractivity contribution is 0.0130. The molecule has 1 fully saturated rings. The fraction of sp³-hybridized carbons (Fsp3) is 0.391. The third-order valence-corrected chi connectivity index (χ3v) is 5.28. The summed E-state index contributed by atoms with van der Waals surface area (Å²) in [6.07, 6.45) is 2.19. The fourth-order valence-electron chi connectivity index (χ4n) is 3.24. The number of nitrogens with zero attached hydrogens (tertiary/aromatic N) is 2. The zero-order valence-corrected chi connectivity index (χ0v) is 19.0. The molecule has 1 unspecified atom stereocenters. The molecular weight excluding hydrogens is 446 g/mol. The summed E-state index contributed by atoms with van der Waals surface area (Å²) in [5.74, 6) is 1.17. The first-order valence-electron chi connectivity index (χ1n) is 9.99. The largest absolute Gasteiger partial charge is 0.454 e. The molecule has 1 aliphatic rings. The van der Waals surface area contributed by atoms with Gasteiger partial charge in [0.2, 0.25) is 0 Å². The van der Waals surface area contributed by atoms with Crippen molar-refractivity contribution in [2.24, 2.45) is 0 Å². The number of carbonyl (C=O) groups excluding carboxylic acids is 1. The van der Waals surface area contributed by atoms with Gasteiger partial charge in [0.15, 0.2) is 5.75 Å². The summed E-state index contributed by atoms with van der Waals surface area (Å²) in [7, 11) is 0. The Labute approximate surface area is 185 Å². The number of carbonyl (C=O) groups is 1. The zero-order valence-electron chi connectivity index (χ0n) is 17.4. The van der Waals surface area contributed by atoms with Crippen LogP contribution in [-0.4, -0.2) is 29.3 Å². The van der Waals surface area contributed by atoms with Crippen LogP contribution in [-0.2, 0) is 4.74 Å². The molecule has 2 aromatic carbocycles. The first-order valence-corrected chi connectivity index (χ1v) is 10.8. The fourth-order valence-corrected chi connectivity index (χ4v) is 3.61. The number of nitrogens with one attached hydrogen (secondary N) is 1. The number of piperidine rings is 1. The van der Waals surface area contributed by atoms with Gasteiger partial charge in [-0.05, 0) is 80.2 Å². The molecule has 0 aromatic heterocycles. The van der Waals surface area contributed by atoms with Gasteiger partial charge in [0.05, 0.1) is 21.8 Å². The van der Waals surface area contributed by atoms with Crippen LogP contribution >= 0.6 is 15.9 Å². The van der Waals surface area contributed by atoms with Gasteiger partial charge >= 0.3 is 6.09 Å². The van der Waals surface area contributed by atoms with Crippen molar-refractivity contribution >= 4 is 27.7 Å². The summed E-state index contributed by atoms with van der Waals surface area (Å²) >= 11 is 3.49. The molecule has 1 saturated heterocycles. The molecule has 2 aromatic rings. The van der Waals surface area contributed by atoms with Crippen LogP contribution in [0.1, 0.15) is 45.6 Å². The molecule has 30 heavy (non-hydrogen) atoms. The minimum Gasteiger partial charge on any atom is -0.454 e. The quantitative estimate of drug-likeness (QED) is 0.568. The van der Waals surface area contributed by atoms with Crippen molar-refractivity contribution in [3.8, 4) is 17.6 Å². The normalized spacial score (nSPS) is 16.5. The topological polar surface area (TPSA) is 74.6 Å². The van der Waals surface area contributed by atoms with E-state index in [-0.39, 0.29) is 12.3 Å². The molecule has 0 saturated carbocycles. The number of anilines is 1. The van der Waals surface area contributed by atoms with Gasteiger partial charge in [0, 0.05) is 12.6 Å². The molecule has 1 aliphatic heterocycles. The van der Waals surface area contributed by atoms with E-state index in [9.17, 15) is 10.1 Å². The lowest BCUT2D eigenvalue weighted by Gasteiger charge is -2.37. The van der Waals surface area contributed by atoms with Gasteiger partial charge in [-0.3, -0.25) is 4.90 Å². The second-order valence-corrected chi connectivity index (χ2v) is 9.04. The highest BCUT2D eigenvalue weighted by atomic mass is 79.9. The predicted octanol–water partition coefficient (Wildman–Crippen LogP) is 6.27. The summed E-state index contributed by atoms with van der Waals surface area (Å²) in [5, 5.41) is 12.7. The van der Waals surface area contributed by atoms with Crippen LogP contribution in [0.2, 0.25) is 0 Å². The minimum atomic E-state index is -0.554. The van der Waals surface area contributed by atoms with E-state index in [1.165, 1.54) is 0 Å². The molecule has 0 spiro atoms. The van der Waals surface area contributed by atoms with Crippen molar-refractivity contribution in [1.82, 2.24) is 4.90 Å². The lowest BCUT2D eigenvalue weighted by Crippen LogP contribution is -2.49. The highest BCUT2D eigenvalue weighted by Gasteiger charge is 2.31. The van der Waals surface area contributed by atoms with Gasteiger partial charge < -0.3 is 14.8 Å². The summed E-state index contributed by atoms with van der Waals surface area (Å²) in [6.45, 7) is 6.22. The van der Waals surface area contributed by atoms with Crippen molar-refractivity contribution in [2.75, 3.05) is 11.9 Å². The molecule has 6 nitrogen and oxygen atoms in total. The number of hydrogen-bond donors (Lipinski definition) is 1. The van der Waals surface area contributed by atoms with Gasteiger partial charge in [-0.15, -0.1) is 0 Å². The summed E-state index contributed by atoms with van der Waals surface area (Å²) in [4.78, 5) is 14.4. The monoisotopic (exact) mass is 471 g/mol. The number of benzene rings is 2. The van der Waals surface area contributed by atoms with Crippen molar-refractivity contribution in [1.29, 1.82) is 5.26 Å². The summed E-state index contributed by atoms with van der Waals surface area (Å²) in [5.41, 5.74) is 0.655. The first-order chi connectivity index (χ1) is 14.3. The number of nitriles is 1. The number of hydrogen-bond acceptors (Lipinski definition) is 5. The number of likely N-dealkylation sites (tertiary alicyclic amines) is 1. The number of rotatable bonds is 4. The second-order valence-electron chi connectivity index (χ2n) is 8.18. The standard InChI is InChI=1S/C23H26BrN3O3/c1-23(2,3)30-22(28)27-13-7-6-10-21(27)26-18-12-11-16(15-25)14-20(18)29-19-9-5-4-8-17(19)24/h4-5,8-9,11-12,14,21,26H,6-7,10,13H2,1-3H3. The average Bonchev–Trinajstić information content (AvgIpc) is 2.70. The van der Waals surface area contributed by atoms with E-state index in [4.69, 9.17) is 9.47 Å². The molecule has 0 radical (unpaired) electrons. The van der Waals surface area contributed by atoms with Gasteiger partial charge in [0.25, 0.3) is 0 Å². The van der Waals surface area contributed by atoms with Gasteiger partial charge in [0.1, 0.15) is 17.5 Å². The Bertz CT molecular complexity index is 949. The van der Waals surface area contributed by atoms with Crippen molar-refractivity contribution in [3.05, 3.63) is 52.5 Å². The van der Waals surface area contributed by atoms with Crippen LogP contribution in [0.5, 0.6) is 11.5 Å². The molecule has 1 heterocycles. The third-order valence-electron chi connectivity index (χ3n) is 4.62. The second kappa shape index (κ2) is 9.40. The van der Waals surface area contributed by atoms with Crippen LogP contribution in [0, 0.1) is 11.3 Å². The highest BCUT2D eigenvalue weighted by molar-refractivity contribution is 9.10. The van der Waals surface area contributed by atoms with Crippen molar-refractivity contribution in [3.63, 3.8) is 0 Å². The Kier molecular flexibility index (Phi) is 6.88. The maximum Gasteiger partial charge on any atom is 0.411 e. The Morgan fingerprint density at radius 2 is 1.97 bits per heavy atom. The molecule has 7 heteroatoms. The average molecular weight is 472 g/mol. The van der Waals surface area contributed by atoms with E-state index >= 15 is 0 Å². The lowest BCUT2D eigenvalue weighted by atomic mass is 10.1. The first kappa shape index (κ1) is 22.0. The summed E-state index contributed by atoms with van der Waals surface area (Å²) in [6, 6.07) is 14.9. The van der Waals surface area contributed by atoms with Crippen molar-refractivity contribution < 1.29 is 14.3 Å². The van der Waals surface area contributed by atoms with E-state index in [0.29, 0.717) is 29.3 Å². The smallest absolute Gasteiger partial charge is 0.411 e. The molecule has 0 bridgehead atoms. The minimum absolute atomic E-state index is 0.219. The van der Waals surface area contributed by atoms with Crippen molar-refractivity contribution in [2.45, 2.75) is 51.8 Å². The molecule has 1 N–H and O–H groups in total. The van der Waals surface area contributed by atoms with E-state index in [2.05, 4.69) is 27.3 Å². The van der Waals surface area contributed by atoms with E-state index in [1.54, 1.807) is 17.0 Å². The molecule has 0 aliphatic carbocycles. The number of para-hydroxylation sites is 1. The molecular formula is C23H26BrN3O3. The summed E-state index contributed by atoms with van der Waals surface area (Å²) < 4.78 is 12.5. The maximum atomic E-state index is 12.7. The molecule has 1 atom stereocenters. The van der Waals surface area contributed by atoms with E-state index in [0.717, 1.165) is 23.7 Å². The highest BCUT2D eigenvalue weighted by Crippen LogP contribution is 2.35. The van der Waals surface area contributed by atoms with Gasteiger partial charge in [-0.1, -0.05) is 12.1 Å². The Morgan fingerprint density at radius 3 is 2.67 bits per heavy atom. The molecule has 1 amide bonds. The van der Waals surface area contributed by atoms with Crippen LogP contribution < -0.4 is 10.1 Å². The van der Waals surface area contributed by atoms with Crippen LogP contribution in [0.25, 0.3) is 0 Å². The van der Waals surface area contributed by atoms with Crippen LogP contribution in [0.4, 0.5) is 10.5 Å².